The van der Waals surface area contributed by atoms with Gasteiger partial charge in [-0.05, 0) is 29.8 Å². The number of rotatable bonds is 2. The first-order valence-corrected chi connectivity index (χ1v) is 6.22. The molecule has 1 aliphatic rings. The lowest BCUT2D eigenvalue weighted by Crippen LogP contribution is -2.39. The van der Waals surface area contributed by atoms with Crippen LogP contribution in [-0.4, -0.2) is 12.5 Å². The van der Waals surface area contributed by atoms with E-state index in [0.29, 0.717) is 11.3 Å². The molecule has 1 N–H and O–H groups in total. The fourth-order valence-electron chi connectivity index (χ4n) is 2.32. The molecule has 1 aliphatic heterocycles. The van der Waals surface area contributed by atoms with Crippen molar-refractivity contribution in [3.8, 4) is 0 Å². The molecule has 0 spiro atoms. The molecule has 0 radical (unpaired) electrons. The molecule has 3 rings (SSSR count). The molecule has 1 amide bonds. The average molecular weight is 274 g/mol. The second-order valence-corrected chi connectivity index (χ2v) is 4.63. The van der Waals surface area contributed by atoms with Gasteiger partial charge in [0, 0.05) is 6.07 Å². The van der Waals surface area contributed by atoms with Crippen LogP contribution in [0, 0.1) is 11.6 Å². The number of carbonyl (C=O) groups is 1. The van der Waals surface area contributed by atoms with Crippen LogP contribution in [0.2, 0.25) is 0 Å². The number of benzene rings is 2. The molecule has 0 atom stereocenters. The lowest BCUT2D eigenvalue weighted by atomic mass is 10.1. The fourth-order valence-corrected chi connectivity index (χ4v) is 2.32. The summed E-state index contributed by atoms with van der Waals surface area (Å²) in [5.74, 6) is -1.42. The summed E-state index contributed by atoms with van der Waals surface area (Å²) in [5.41, 5.74) is 1.98. The summed E-state index contributed by atoms with van der Waals surface area (Å²) >= 11 is 0. The third kappa shape index (κ3) is 2.34. The van der Waals surface area contributed by atoms with Crippen LogP contribution in [0.1, 0.15) is 5.56 Å². The zero-order valence-corrected chi connectivity index (χ0v) is 10.6. The molecular formula is C15H12F2N2O. The standard InChI is InChI=1S/C15H12F2N2O/c16-11-5-10(6-12(17)7-11)9-19-14-4-2-1-3-13(14)18-8-15(19)20/h1-7,18H,8-9H2. The Kier molecular flexibility index (Phi) is 3.10. The molecule has 0 unspecified atom stereocenters. The number of nitrogens with one attached hydrogen (secondary N) is 1. The Labute approximate surface area is 114 Å². The highest BCUT2D eigenvalue weighted by Crippen LogP contribution is 2.30. The predicted molar refractivity (Wildman–Crippen MR) is 72.5 cm³/mol. The first kappa shape index (κ1) is 12.6. The molecule has 0 saturated carbocycles. The maximum absolute atomic E-state index is 13.2. The second kappa shape index (κ2) is 4.92. The zero-order valence-electron chi connectivity index (χ0n) is 10.6. The van der Waals surface area contributed by atoms with Gasteiger partial charge in [-0.2, -0.15) is 0 Å². The molecule has 3 nitrogen and oxygen atoms in total. The van der Waals surface area contributed by atoms with Crippen molar-refractivity contribution in [3.05, 3.63) is 59.7 Å². The van der Waals surface area contributed by atoms with E-state index < -0.39 is 11.6 Å². The van der Waals surface area contributed by atoms with Gasteiger partial charge in [-0.3, -0.25) is 4.79 Å². The van der Waals surface area contributed by atoms with Gasteiger partial charge in [-0.25, -0.2) is 8.78 Å². The summed E-state index contributed by atoms with van der Waals surface area (Å²) in [6, 6.07) is 10.6. The van der Waals surface area contributed by atoms with Crippen molar-refractivity contribution in [1.82, 2.24) is 0 Å². The van der Waals surface area contributed by atoms with E-state index in [-0.39, 0.29) is 19.0 Å². The molecule has 2 aromatic carbocycles. The number of hydrogen-bond acceptors (Lipinski definition) is 2. The number of nitrogens with zero attached hydrogens (tertiary/aromatic N) is 1. The van der Waals surface area contributed by atoms with Gasteiger partial charge in [0.25, 0.3) is 0 Å². The van der Waals surface area contributed by atoms with Gasteiger partial charge in [0.15, 0.2) is 0 Å². The molecule has 2 aromatic rings. The minimum atomic E-state index is -0.643. The van der Waals surface area contributed by atoms with Crippen molar-refractivity contribution in [3.63, 3.8) is 0 Å². The summed E-state index contributed by atoms with van der Waals surface area (Å²) in [6.07, 6.45) is 0. The van der Waals surface area contributed by atoms with E-state index in [4.69, 9.17) is 0 Å². The van der Waals surface area contributed by atoms with Crippen molar-refractivity contribution in [1.29, 1.82) is 0 Å². The first-order chi connectivity index (χ1) is 9.63. The highest BCUT2D eigenvalue weighted by atomic mass is 19.1. The molecule has 0 aliphatic carbocycles. The van der Waals surface area contributed by atoms with E-state index in [1.807, 2.05) is 18.2 Å². The molecular weight excluding hydrogens is 262 g/mol. The predicted octanol–water partition coefficient (Wildman–Crippen LogP) is 2.92. The summed E-state index contributed by atoms with van der Waals surface area (Å²) < 4.78 is 26.4. The van der Waals surface area contributed by atoms with Crippen LogP contribution in [0.5, 0.6) is 0 Å². The van der Waals surface area contributed by atoms with Crippen molar-refractivity contribution in [2.75, 3.05) is 16.8 Å². The third-order valence-electron chi connectivity index (χ3n) is 3.19. The van der Waals surface area contributed by atoms with E-state index in [1.165, 1.54) is 17.0 Å². The minimum Gasteiger partial charge on any atom is -0.374 e. The van der Waals surface area contributed by atoms with Crippen LogP contribution >= 0.6 is 0 Å². The monoisotopic (exact) mass is 274 g/mol. The maximum Gasteiger partial charge on any atom is 0.246 e. The summed E-state index contributed by atoms with van der Waals surface area (Å²) in [5, 5.41) is 3.01. The topological polar surface area (TPSA) is 32.3 Å². The number of anilines is 2. The van der Waals surface area contributed by atoms with Gasteiger partial charge in [-0.15, -0.1) is 0 Å². The van der Waals surface area contributed by atoms with Crippen LogP contribution in [-0.2, 0) is 11.3 Å². The van der Waals surface area contributed by atoms with E-state index in [1.54, 1.807) is 6.07 Å². The molecule has 0 saturated heterocycles. The third-order valence-corrected chi connectivity index (χ3v) is 3.19. The smallest absolute Gasteiger partial charge is 0.246 e. The largest absolute Gasteiger partial charge is 0.374 e. The summed E-state index contributed by atoms with van der Waals surface area (Å²) in [7, 11) is 0. The average Bonchev–Trinajstić information content (AvgIpc) is 2.41. The van der Waals surface area contributed by atoms with Crippen LogP contribution in [0.3, 0.4) is 0 Å². The van der Waals surface area contributed by atoms with E-state index in [0.717, 1.165) is 11.8 Å². The Morgan fingerprint density at radius 3 is 2.55 bits per heavy atom. The Balaban J connectivity index is 1.95. The van der Waals surface area contributed by atoms with Crippen molar-refractivity contribution in [2.24, 2.45) is 0 Å². The number of amides is 1. The molecule has 5 heteroatoms. The van der Waals surface area contributed by atoms with Crippen LogP contribution in [0.4, 0.5) is 20.2 Å². The van der Waals surface area contributed by atoms with Gasteiger partial charge < -0.3 is 10.2 Å². The minimum absolute atomic E-state index is 0.131. The van der Waals surface area contributed by atoms with Gasteiger partial charge in [0.2, 0.25) is 5.91 Å². The van der Waals surface area contributed by atoms with Crippen molar-refractivity contribution < 1.29 is 13.6 Å². The van der Waals surface area contributed by atoms with E-state index >= 15 is 0 Å². The highest BCUT2D eigenvalue weighted by Gasteiger charge is 2.23. The van der Waals surface area contributed by atoms with Crippen molar-refractivity contribution in [2.45, 2.75) is 6.54 Å². The zero-order chi connectivity index (χ0) is 14.1. The van der Waals surface area contributed by atoms with E-state index in [2.05, 4.69) is 5.32 Å². The molecule has 0 aromatic heterocycles. The number of para-hydroxylation sites is 2. The Morgan fingerprint density at radius 1 is 1.10 bits per heavy atom. The lowest BCUT2D eigenvalue weighted by molar-refractivity contribution is -0.117. The fraction of sp³-hybridized carbons (Fsp3) is 0.133. The van der Waals surface area contributed by atoms with Gasteiger partial charge >= 0.3 is 0 Å². The molecule has 1 heterocycles. The molecule has 0 fully saturated rings. The number of fused-ring (bicyclic) bond motifs is 1. The molecule has 0 bridgehead atoms. The second-order valence-electron chi connectivity index (χ2n) is 4.63. The summed E-state index contributed by atoms with van der Waals surface area (Å²) in [4.78, 5) is 13.5. The van der Waals surface area contributed by atoms with Crippen molar-refractivity contribution >= 4 is 17.3 Å². The van der Waals surface area contributed by atoms with Crippen LogP contribution in [0.25, 0.3) is 0 Å². The van der Waals surface area contributed by atoms with Crippen LogP contribution < -0.4 is 10.2 Å². The van der Waals surface area contributed by atoms with Crippen LogP contribution in [0.15, 0.2) is 42.5 Å². The highest BCUT2D eigenvalue weighted by molar-refractivity contribution is 6.02. The van der Waals surface area contributed by atoms with Gasteiger partial charge in [0.05, 0.1) is 24.5 Å². The maximum atomic E-state index is 13.2. The lowest BCUT2D eigenvalue weighted by Gasteiger charge is -2.30. The number of carbonyl (C=O) groups excluding carboxylic acids is 1. The number of halogens is 2. The first-order valence-electron chi connectivity index (χ1n) is 6.22. The molecule has 20 heavy (non-hydrogen) atoms. The quantitative estimate of drug-likeness (QED) is 0.913. The Morgan fingerprint density at radius 2 is 1.80 bits per heavy atom. The Hall–Kier alpha value is -2.43. The van der Waals surface area contributed by atoms with Gasteiger partial charge in [0.1, 0.15) is 11.6 Å². The number of hydrogen-bond donors (Lipinski definition) is 1. The molecule has 102 valence electrons. The SMILES string of the molecule is O=C1CNc2ccccc2N1Cc1cc(F)cc(F)c1. The Bertz CT molecular complexity index is 652. The summed E-state index contributed by atoms with van der Waals surface area (Å²) in [6.45, 7) is 0.320. The van der Waals surface area contributed by atoms with E-state index in [9.17, 15) is 13.6 Å². The van der Waals surface area contributed by atoms with Gasteiger partial charge in [-0.1, -0.05) is 12.1 Å². The normalized spacial score (nSPS) is 13.9.